The molecule has 1 amide bonds. The van der Waals surface area contributed by atoms with Crippen LogP contribution in [0.1, 0.15) is 31.7 Å². The Hall–Kier alpha value is -2.11. The largest absolute Gasteiger partial charge is 0.481 e. The van der Waals surface area contributed by atoms with Crippen LogP contribution in [0.4, 0.5) is 14.9 Å². The van der Waals surface area contributed by atoms with E-state index in [0.29, 0.717) is 19.3 Å². The summed E-state index contributed by atoms with van der Waals surface area (Å²) in [4.78, 5) is 21.6. The third-order valence-corrected chi connectivity index (χ3v) is 2.65. The molecule has 1 aromatic carbocycles. The monoisotopic (exact) mass is 283 g/mol. The molecule has 1 aromatic rings. The lowest BCUT2D eigenvalue weighted by molar-refractivity contribution is -0.137. The summed E-state index contributed by atoms with van der Waals surface area (Å²) < 4.78 is 18.2. The van der Waals surface area contributed by atoms with Crippen molar-refractivity contribution >= 4 is 17.7 Å². The molecule has 5 nitrogen and oxygen atoms in total. The number of unbranched alkanes of at least 4 members (excludes halogenated alkanes) is 1. The molecule has 0 aliphatic rings. The van der Waals surface area contributed by atoms with Crippen molar-refractivity contribution in [1.29, 1.82) is 0 Å². The second-order valence-corrected chi connectivity index (χ2v) is 4.26. The van der Waals surface area contributed by atoms with Crippen LogP contribution >= 0.6 is 0 Å². The maximum atomic E-state index is 13.5. The van der Waals surface area contributed by atoms with E-state index in [1.807, 2.05) is 0 Å². The van der Waals surface area contributed by atoms with Gasteiger partial charge in [-0.05, 0) is 43.9 Å². The predicted octanol–water partition coefficient (Wildman–Crippen LogP) is 3.19. The van der Waals surface area contributed by atoms with Gasteiger partial charge < -0.3 is 9.84 Å². The summed E-state index contributed by atoms with van der Waals surface area (Å²) in [6.07, 6.45) is 1.30. The van der Waals surface area contributed by atoms with Crippen LogP contribution in [0, 0.1) is 5.82 Å². The number of benzene rings is 1. The highest BCUT2D eigenvalue weighted by atomic mass is 19.1. The zero-order valence-electron chi connectivity index (χ0n) is 11.3. The van der Waals surface area contributed by atoms with Crippen molar-refractivity contribution in [2.24, 2.45) is 0 Å². The number of carboxylic acid groups (broad SMARTS) is 1. The van der Waals surface area contributed by atoms with Crippen molar-refractivity contribution < 1.29 is 23.8 Å². The molecular weight excluding hydrogens is 265 g/mol. The molecule has 0 atom stereocenters. The third-order valence-electron chi connectivity index (χ3n) is 2.65. The van der Waals surface area contributed by atoms with Crippen molar-refractivity contribution in [3.63, 3.8) is 0 Å². The summed E-state index contributed by atoms with van der Waals surface area (Å²) in [5, 5.41) is 10.9. The first-order valence-electron chi connectivity index (χ1n) is 6.47. The van der Waals surface area contributed by atoms with Gasteiger partial charge in [-0.2, -0.15) is 0 Å². The first-order valence-corrected chi connectivity index (χ1v) is 6.47. The molecule has 2 N–H and O–H groups in total. The Morgan fingerprint density at radius 2 is 2.10 bits per heavy atom. The van der Waals surface area contributed by atoms with Crippen LogP contribution in [-0.2, 0) is 16.0 Å². The summed E-state index contributed by atoms with van der Waals surface area (Å²) in [7, 11) is 0. The zero-order valence-corrected chi connectivity index (χ0v) is 11.3. The maximum Gasteiger partial charge on any atom is 0.411 e. The minimum absolute atomic E-state index is 0.0687. The fourth-order valence-corrected chi connectivity index (χ4v) is 1.71. The van der Waals surface area contributed by atoms with Crippen molar-refractivity contribution in [2.75, 3.05) is 11.9 Å². The number of ether oxygens (including phenoxy) is 1. The van der Waals surface area contributed by atoms with E-state index < -0.39 is 17.9 Å². The number of amides is 1. The quantitative estimate of drug-likeness (QED) is 0.753. The van der Waals surface area contributed by atoms with Crippen molar-refractivity contribution in [3.05, 3.63) is 29.6 Å². The Morgan fingerprint density at radius 1 is 1.35 bits per heavy atom. The molecule has 0 saturated heterocycles. The summed E-state index contributed by atoms with van der Waals surface area (Å²) in [5.74, 6) is -1.36. The number of nitrogens with one attached hydrogen (secondary N) is 1. The van der Waals surface area contributed by atoms with Gasteiger partial charge in [-0.3, -0.25) is 10.1 Å². The molecule has 110 valence electrons. The second kappa shape index (κ2) is 8.14. The summed E-state index contributed by atoms with van der Waals surface area (Å²) >= 11 is 0. The molecule has 6 heteroatoms. The van der Waals surface area contributed by atoms with Crippen LogP contribution in [0.25, 0.3) is 0 Å². The van der Waals surface area contributed by atoms with E-state index in [4.69, 9.17) is 5.11 Å². The Bertz CT molecular complexity index is 476. The molecule has 0 saturated carbocycles. The van der Waals surface area contributed by atoms with Gasteiger partial charge in [0.25, 0.3) is 0 Å². The van der Waals surface area contributed by atoms with E-state index in [9.17, 15) is 14.0 Å². The van der Waals surface area contributed by atoms with Crippen LogP contribution in [0.15, 0.2) is 18.2 Å². The van der Waals surface area contributed by atoms with E-state index in [2.05, 4.69) is 10.1 Å². The average molecular weight is 283 g/mol. The molecule has 0 unspecified atom stereocenters. The number of aryl methyl sites for hydroxylation is 1. The molecule has 0 spiro atoms. The molecule has 1 rings (SSSR count). The molecule has 0 fully saturated rings. The molecule has 0 heterocycles. The first kappa shape index (κ1) is 15.9. The number of hydrogen-bond acceptors (Lipinski definition) is 3. The van der Waals surface area contributed by atoms with E-state index in [-0.39, 0.29) is 18.7 Å². The average Bonchev–Trinajstić information content (AvgIpc) is 2.38. The molecule has 0 aliphatic carbocycles. The highest BCUT2D eigenvalue weighted by Gasteiger charge is 2.08. The summed E-state index contributed by atoms with van der Waals surface area (Å²) in [6, 6.07) is 4.42. The number of halogens is 1. The number of carbonyl (C=O) groups is 2. The highest BCUT2D eigenvalue weighted by molar-refractivity contribution is 5.84. The van der Waals surface area contributed by atoms with Crippen molar-refractivity contribution in [1.82, 2.24) is 0 Å². The van der Waals surface area contributed by atoms with Gasteiger partial charge in [0.05, 0.1) is 12.3 Å². The lowest BCUT2D eigenvalue weighted by atomic mass is 10.1. The molecular formula is C14H18FNO4. The maximum absolute atomic E-state index is 13.5. The van der Waals surface area contributed by atoms with Gasteiger partial charge in [-0.1, -0.05) is 6.07 Å². The van der Waals surface area contributed by atoms with Gasteiger partial charge in [0.15, 0.2) is 0 Å². The number of anilines is 1. The Kier molecular flexibility index (Phi) is 6.49. The highest BCUT2D eigenvalue weighted by Crippen LogP contribution is 2.18. The van der Waals surface area contributed by atoms with Gasteiger partial charge in [-0.15, -0.1) is 0 Å². The second-order valence-electron chi connectivity index (χ2n) is 4.26. The van der Waals surface area contributed by atoms with Gasteiger partial charge in [-0.25, -0.2) is 9.18 Å². The first-order chi connectivity index (χ1) is 9.52. The van der Waals surface area contributed by atoms with Gasteiger partial charge in [0.1, 0.15) is 5.82 Å². The Labute approximate surface area is 116 Å². The van der Waals surface area contributed by atoms with Crippen LogP contribution in [0.5, 0.6) is 0 Å². The number of aliphatic carboxylic acids is 1. The number of rotatable bonds is 7. The van der Waals surface area contributed by atoms with Crippen LogP contribution < -0.4 is 5.32 Å². The lowest BCUT2D eigenvalue weighted by Crippen LogP contribution is -2.14. The van der Waals surface area contributed by atoms with E-state index >= 15 is 0 Å². The number of hydrogen-bond donors (Lipinski definition) is 2. The molecule has 0 bridgehead atoms. The number of carboxylic acids is 1. The van der Waals surface area contributed by atoms with Gasteiger partial charge in [0, 0.05) is 6.42 Å². The SMILES string of the molecule is CCOC(=O)Nc1cc(CCCCC(=O)O)ccc1F. The van der Waals surface area contributed by atoms with E-state index in [1.54, 1.807) is 13.0 Å². The number of carbonyl (C=O) groups excluding carboxylic acids is 1. The third kappa shape index (κ3) is 5.69. The van der Waals surface area contributed by atoms with Crippen LogP contribution in [0.3, 0.4) is 0 Å². The topological polar surface area (TPSA) is 75.6 Å². The summed E-state index contributed by atoms with van der Waals surface area (Å²) in [6.45, 7) is 1.87. The van der Waals surface area contributed by atoms with Crippen LogP contribution in [-0.4, -0.2) is 23.8 Å². The van der Waals surface area contributed by atoms with E-state index in [0.717, 1.165) is 5.56 Å². The minimum Gasteiger partial charge on any atom is -0.481 e. The fraction of sp³-hybridized carbons (Fsp3) is 0.429. The molecule has 0 radical (unpaired) electrons. The lowest BCUT2D eigenvalue weighted by Gasteiger charge is -2.08. The van der Waals surface area contributed by atoms with Crippen molar-refractivity contribution in [3.8, 4) is 0 Å². The molecule has 0 aromatic heterocycles. The van der Waals surface area contributed by atoms with Gasteiger partial charge >= 0.3 is 12.1 Å². The Balaban J connectivity index is 2.57. The van der Waals surface area contributed by atoms with Gasteiger partial charge in [0.2, 0.25) is 0 Å². The van der Waals surface area contributed by atoms with Crippen molar-refractivity contribution in [2.45, 2.75) is 32.6 Å². The Morgan fingerprint density at radius 3 is 2.75 bits per heavy atom. The normalized spacial score (nSPS) is 10.1. The predicted molar refractivity (Wildman–Crippen MR) is 72.2 cm³/mol. The summed E-state index contributed by atoms with van der Waals surface area (Å²) in [5.41, 5.74) is 0.905. The standard InChI is InChI=1S/C14H18FNO4/c1-2-20-14(19)16-12-9-10(7-8-11(12)15)5-3-4-6-13(17)18/h7-9H,2-6H2,1H3,(H,16,19)(H,17,18). The minimum atomic E-state index is -0.825. The zero-order chi connectivity index (χ0) is 15.0. The van der Waals surface area contributed by atoms with Crippen LogP contribution in [0.2, 0.25) is 0 Å². The fourth-order valence-electron chi connectivity index (χ4n) is 1.71. The molecule has 0 aliphatic heterocycles. The van der Waals surface area contributed by atoms with E-state index in [1.165, 1.54) is 12.1 Å². The smallest absolute Gasteiger partial charge is 0.411 e. The molecule has 20 heavy (non-hydrogen) atoms.